The number of hydrogen-bond acceptors (Lipinski definition) is 5. The zero-order valence-corrected chi connectivity index (χ0v) is 12.6. The summed E-state index contributed by atoms with van der Waals surface area (Å²) in [6, 6.07) is 11.1. The van der Waals surface area contributed by atoms with Crippen molar-refractivity contribution in [3.8, 4) is 28.6 Å². The largest absolute Gasteiger partial charge is 0.504 e. The highest BCUT2D eigenvalue weighted by Gasteiger charge is 2.18. The molecule has 23 heavy (non-hydrogen) atoms. The van der Waals surface area contributed by atoms with Crippen LogP contribution in [-0.2, 0) is 0 Å². The predicted molar refractivity (Wildman–Crippen MR) is 87.0 cm³/mol. The molecule has 5 nitrogen and oxygen atoms in total. The van der Waals surface area contributed by atoms with E-state index in [1.807, 2.05) is 6.92 Å². The smallest absolute Gasteiger partial charge is 0.235 e. The fourth-order valence-corrected chi connectivity index (χ4v) is 2.31. The summed E-state index contributed by atoms with van der Waals surface area (Å²) in [5, 5.41) is 19.6. The van der Waals surface area contributed by atoms with Crippen LogP contribution in [0.2, 0.25) is 0 Å². The average molecular weight is 312 g/mol. The number of fused-ring (bicyclic) bond motifs is 1. The summed E-state index contributed by atoms with van der Waals surface area (Å²) in [6.45, 7) is 2.31. The van der Waals surface area contributed by atoms with Crippen molar-refractivity contribution in [1.29, 1.82) is 0 Å². The lowest BCUT2D eigenvalue weighted by molar-refractivity contribution is 0.309. The minimum atomic E-state index is -0.292. The van der Waals surface area contributed by atoms with Gasteiger partial charge in [-0.3, -0.25) is 4.79 Å². The van der Waals surface area contributed by atoms with Crippen LogP contribution in [0.5, 0.6) is 17.2 Å². The van der Waals surface area contributed by atoms with Crippen molar-refractivity contribution in [2.75, 3.05) is 6.61 Å². The van der Waals surface area contributed by atoms with E-state index >= 15 is 0 Å². The van der Waals surface area contributed by atoms with Crippen LogP contribution in [0.3, 0.4) is 0 Å². The Morgan fingerprint density at radius 3 is 2.61 bits per heavy atom. The van der Waals surface area contributed by atoms with E-state index in [4.69, 9.17) is 9.15 Å². The van der Waals surface area contributed by atoms with Crippen molar-refractivity contribution >= 4 is 11.0 Å². The lowest BCUT2D eigenvalue weighted by atomic mass is 10.1. The van der Waals surface area contributed by atoms with Gasteiger partial charge in [-0.1, -0.05) is 19.1 Å². The van der Waals surface area contributed by atoms with Gasteiger partial charge in [0, 0.05) is 5.56 Å². The minimum absolute atomic E-state index is 0.107. The molecule has 3 rings (SSSR count). The van der Waals surface area contributed by atoms with Crippen molar-refractivity contribution < 1.29 is 19.4 Å². The Bertz CT molecular complexity index is 911. The molecule has 3 aromatic rings. The van der Waals surface area contributed by atoms with E-state index in [9.17, 15) is 15.0 Å². The predicted octanol–water partition coefficient (Wildman–Crippen LogP) is 3.66. The van der Waals surface area contributed by atoms with Crippen LogP contribution >= 0.6 is 0 Å². The standard InChI is InChI=1S/C18H16O5/c1-2-9-22-18-16(21)12-5-3-4-6-15(12)23-17(18)11-7-8-13(19)14(20)10-11/h3-8,10,19-20H,2,9H2,1H3. The fourth-order valence-electron chi connectivity index (χ4n) is 2.31. The number of phenolic OH excluding ortho intramolecular Hbond substituents is 2. The van der Waals surface area contributed by atoms with Gasteiger partial charge in [-0.15, -0.1) is 0 Å². The monoisotopic (exact) mass is 312 g/mol. The Morgan fingerprint density at radius 1 is 1.09 bits per heavy atom. The maximum absolute atomic E-state index is 12.7. The Hall–Kier alpha value is -2.95. The number of phenols is 2. The summed E-state index contributed by atoms with van der Waals surface area (Å²) in [6.07, 6.45) is 0.743. The van der Waals surface area contributed by atoms with Crippen LogP contribution < -0.4 is 10.2 Å². The molecule has 2 aromatic carbocycles. The third-order valence-corrected chi connectivity index (χ3v) is 3.44. The van der Waals surface area contributed by atoms with Crippen molar-refractivity contribution in [2.45, 2.75) is 13.3 Å². The highest BCUT2D eigenvalue weighted by atomic mass is 16.5. The van der Waals surface area contributed by atoms with Crippen molar-refractivity contribution in [3.63, 3.8) is 0 Å². The van der Waals surface area contributed by atoms with Gasteiger partial charge in [0.05, 0.1) is 12.0 Å². The van der Waals surface area contributed by atoms with Crippen molar-refractivity contribution in [3.05, 3.63) is 52.7 Å². The van der Waals surface area contributed by atoms with Gasteiger partial charge in [-0.25, -0.2) is 0 Å². The lowest BCUT2D eigenvalue weighted by Gasteiger charge is -2.11. The maximum atomic E-state index is 12.7. The van der Waals surface area contributed by atoms with Crippen LogP contribution in [-0.4, -0.2) is 16.8 Å². The molecule has 118 valence electrons. The molecule has 0 saturated carbocycles. The zero-order valence-electron chi connectivity index (χ0n) is 12.6. The summed E-state index contributed by atoms with van der Waals surface area (Å²) in [4.78, 5) is 12.7. The SMILES string of the molecule is CCCOc1c(-c2ccc(O)c(O)c2)oc2ccccc2c1=O. The van der Waals surface area contributed by atoms with Crippen LogP contribution in [0.4, 0.5) is 0 Å². The van der Waals surface area contributed by atoms with E-state index in [0.29, 0.717) is 23.1 Å². The maximum Gasteiger partial charge on any atom is 0.235 e. The second-order valence-electron chi connectivity index (χ2n) is 5.14. The molecule has 0 amide bonds. The normalized spacial score (nSPS) is 10.8. The first-order valence-corrected chi connectivity index (χ1v) is 7.32. The number of hydrogen-bond donors (Lipinski definition) is 2. The molecule has 0 bridgehead atoms. The number of para-hydroxylation sites is 1. The van der Waals surface area contributed by atoms with E-state index in [1.165, 1.54) is 12.1 Å². The molecule has 0 spiro atoms. The first-order valence-electron chi connectivity index (χ1n) is 7.32. The number of benzene rings is 2. The highest BCUT2D eigenvalue weighted by Crippen LogP contribution is 2.35. The molecule has 0 saturated heterocycles. The zero-order chi connectivity index (χ0) is 16.4. The van der Waals surface area contributed by atoms with E-state index in [0.717, 1.165) is 6.42 Å². The summed E-state index contributed by atoms with van der Waals surface area (Å²) in [7, 11) is 0. The Morgan fingerprint density at radius 2 is 1.87 bits per heavy atom. The molecule has 0 aliphatic heterocycles. The quantitative estimate of drug-likeness (QED) is 0.719. The average Bonchev–Trinajstić information content (AvgIpc) is 2.56. The molecule has 1 heterocycles. The molecule has 0 radical (unpaired) electrons. The Labute approximate surface area is 132 Å². The second-order valence-corrected chi connectivity index (χ2v) is 5.14. The topological polar surface area (TPSA) is 79.9 Å². The molecule has 0 fully saturated rings. The van der Waals surface area contributed by atoms with Crippen molar-refractivity contribution in [2.24, 2.45) is 0 Å². The fraction of sp³-hybridized carbons (Fsp3) is 0.167. The second kappa shape index (κ2) is 6.04. The molecule has 0 aliphatic rings. The molecular weight excluding hydrogens is 296 g/mol. The van der Waals surface area contributed by atoms with Gasteiger partial charge in [-0.2, -0.15) is 0 Å². The summed E-state index contributed by atoms with van der Waals surface area (Å²) < 4.78 is 11.4. The first-order chi connectivity index (χ1) is 11.1. The van der Waals surface area contributed by atoms with Gasteiger partial charge in [0.25, 0.3) is 0 Å². The van der Waals surface area contributed by atoms with Crippen LogP contribution in [0.15, 0.2) is 51.7 Å². The Balaban J connectivity index is 2.28. The number of rotatable bonds is 4. The van der Waals surface area contributed by atoms with Gasteiger partial charge in [0.1, 0.15) is 5.58 Å². The van der Waals surface area contributed by atoms with Gasteiger partial charge >= 0.3 is 0 Å². The van der Waals surface area contributed by atoms with Crippen molar-refractivity contribution in [1.82, 2.24) is 0 Å². The van der Waals surface area contributed by atoms with Gasteiger partial charge in [-0.05, 0) is 36.8 Å². The van der Waals surface area contributed by atoms with E-state index in [-0.39, 0.29) is 28.4 Å². The van der Waals surface area contributed by atoms with Gasteiger partial charge in [0.2, 0.25) is 11.2 Å². The molecule has 5 heteroatoms. The Kier molecular flexibility index (Phi) is 3.93. The van der Waals surface area contributed by atoms with Crippen LogP contribution in [0.1, 0.15) is 13.3 Å². The molecule has 2 N–H and O–H groups in total. The van der Waals surface area contributed by atoms with E-state index < -0.39 is 0 Å². The molecule has 0 aliphatic carbocycles. The molecule has 0 unspecified atom stereocenters. The molecule has 0 atom stereocenters. The van der Waals surface area contributed by atoms with Crippen LogP contribution in [0, 0.1) is 0 Å². The first kappa shape index (κ1) is 15.0. The van der Waals surface area contributed by atoms with Gasteiger partial charge < -0.3 is 19.4 Å². The summed E-state index contributed by atoms with van der Waals surface area (Å²) in [5.41, 5.74) is 0.626. The highest BCUT2D eigenvalue weighted by molar-refractivity contribution is 5.82. The number of ether oxygens (including phenoxy) is 1. The van der Waals surface area contributed by atoms with E-state index in [2.05, 4.69) is 0 Å². The van der Waals surface area contributed by atoms with E-state index in [1.54, 1.807) is 30.3 Å². The summed E-state index contributed by atoms with van der Waals surface area (Å²) >= 11 is 0. The molecule has 1 aromatic heterocycles. The number of aromatic hydroxyl groups is 2. The lowest BCUT2D eigenvalue weighted by Crippen LogP contribution is -2.10. The third-order valence-electron chi connectivity index (χ3n) is 3.44. The molecular formula is C18H16O5. The minimum Gasteiger partial charge on any atom is -0.504 e. The van der Waals surface area contributed by atoms with Gasteiger partial charge in [0.15, 0.2) is 17.3 Å². The van der Waals surface area contributed by atoms with Crippen LogP contribution in [0.25, 0.3) is 22.3 Å². The summed E-state index contributed by atoms with van der Waals surface area (Å²) in [5.74, 6) is -0.194. The third kappa shape index (κ3) is 2.73.